The summed E-state index contributed by atoms with van der Waals surface area (Å²) in [6.45, 7) is 2.04. The van der Waals surface area contributed by atoms with Crippen molar-refractivity contribution in [3.05, 3.63) is 139 Å². The van der Waals surface area contributed by atoms with Crippen molar-refractivity contribution in [3.63, 3.8) is 0 Å². The van der Waals surface area contributed by atoms with Crippen LogP contribution in [0.5, 0.6) is 5.75 Å². The molecule has 0 unspecified atom stereocenters. The number of nitrogens with zero attached hydrogens (tertiary/aromatic N) is 3. The van der Waals surface area contributed by atoms with E-state index >= 15 is 0 Å². The molecule has 3 aromatic carbocycles. The van der Waals surface area contributed by atoms with E-state index in [0.29, 0.717) is 16.5 Å². The number of carbonyl (C=O) groups excluding carboxylic acids is 1. The highest BCUT2D eigenvalue weighted by atomic mass is 32.1. The van der Waals surface area contributed by atoms with E-state index in [2.05, 4.69) is 68.5 Å². The molecule has 0 spiro atoms. The number of benzene rings is 3. The lowest BCUT2D eigenvalue weighted by Crippen LogP contribution is -2.30. The van der Waals surface area contributed by atoms with Gasteiger partial charge in [-0.1, -0.05) is 42.5 Å². The van der Waals surface area contributed by atoms with Gasteiger partial charge in [-0.3, -0.25) is 9.78 Å². The van der Waals surface area contributed by atoms with E-state index in [9.17, 15) is 4.79 Å². The van der Waals surface area contributed by atoms with E-state index in [1.54, 1.807) is 6.20 Å². The monoisotopic (exact) mass is 559 g/mol. The van der Waals surface area contributed by atoms with Crippen LogP contribution in [-0.2, 0) is 4.79 Å². The van der Waals surface area contributed by atoms with Crippen molar-refractivity contribution in [2.45, 2.75) is 19.0 Å². The van der Waals surface area contributed by atoms with Gasteiger partial charge in [-0.2, -0.15) is 0 Å². The maximum absolute atomic E-state index is 12.5. The average Bonchev–Trinajstić information content (AvgIpc) is 3.62. The third kappa shape index (κ3) is 5.55. The number of hydrogen-bond donors (Lipinski definition) is 2. The van der Waals surface area contributed by atoms with E-state index in [4.69, 9.17) is 17.0 Å². The fourth-order valence-electron chi connectivity index (χ4n) is 5.19. The topological polar surface area (TPSA) is 71.4 Å². The molecule has 5 aromatic rings. The zero-order valence-electron chi connectivity index (χ0n) is 22.5. The zero-order chi connectivity index (χ0) is 28.2. The van der Waals surface area contributed by atoms with Crippen LogP contribution in [0.3, 0.4) is 0 Å². The van der Waals surface area contributed by atoms with Gasteiger partial charge in [0.2, 0.25) is 0 Å². The average molecular weight is 560 g/mol. The number of amides is 1. The number of aryl methyl sites for hydroxylation is 1. The van der Waals surface area contributed by atoms with E-state index in [-0.39, 0.29) is 24.6 Å². The summed E-state index contributed by atoms with van der Waals surface area (Å²) in [4.78, 5) is 19.3. The van der Waals surface area contributed by atoms with Crippen LogP contribution in [0.4, 0.5) is 11.4 Å². The fourth-order valence-corrected chi connectivity index (χ4v) is 5.54. The second-order valence-corrected chi connectivity index (χ2v) is 10.2. The van der Waals surface area contributed by atoms with Crippen molar-refractivity contribution >= 4 is 34.6 Å². The van der Waals surface area contributed by atoms with Gasteiger partial charge in [-0.05, 0) is 91.4 Å². The number of ether oxygens (including phenoxy) is 1. The minimum Gasteiger partial charge on any atom is -0.484 e. The van der Waals surface area contributed by atoms with Gasteiger partial charge in [-0.25, -0.2) is 0 Å². The Morgan fingerprint density at radius 2 is 1.68 bits per heavy atom. The quantitative estimate of drug-likeness (QED) is 0.215. The third-order valence-electron chi connectivity index (χ3n) is 7.10. The highest BCUT2D eigenvalue weighted by molar-refractivity contribution is 7.80. The lowest BCUT2D eigenvalue weighted by atomic mass is 10.0. The Balaban J connectivity index is 1.29. The second kappa shape index (κ2) is 11.7. The van der Waals surface area contributed by atoms with Crippen LogP contribution in [0.15, 0.2) is 122 Å². The van der Waals surface area contributed by atoms with Gasteiger partial charge in [0, 0.05) is 35.1 Å². The van der Waals surface area contributed by atoms with Gasteiger partial charge >= 0.3 is 0 Å². The Labute approximate surface area is 244 Å². The highest BCUT2D eigenvalue weighted by Gasteiger charge is 2.42. The van der Waals surface area contributed by atoms with Crippen molar-refractivity contribution in [3.8, 4) is 11.4 Å². The van der Waals surface area contributed by atoms with Crippen LogP contribution in [0.2, 0.25) is 0 Å². The first-order valence-corrected chi connectivity index (χ1v) is 13.8. The number of para-hydroxylation sites is 2. The van der Waals surface area contributed by atoms with Crippen molar-refractivity contribution in [2.24, 2.45) is 0 Å². The standard InChI is InChI=1S/C33H29N5O2S/c1-23-10-5-6-14-28(23)37-21-9-15-29(37)32-31(27-13-7-8-20-34-27)36-33(41)38(32)25-18-16-24(17-19-25)35-30(39)22-40-26-11-3-2-4-12-26/h2-21,31-32H,22H2,1H3,(H,35,39)(H,36,41)/t31-,32-/m1/s1. The number of hydrogen-bond acceptors (Lipinski definition) is 4. The van der Waals surface area contributed by atoms with Gasteiger partial charge < -0.3 is 24.8 Å². The smallest absolute Gasteiger partial charge is 0.262 e. The summed E-state index contributed by atoms with van der Waals surface area (Å²) in [5, 5.41) is 7.04. The molecule has 0 bridgehead atoms. The molecule has 0 aliphatic carbocycles. The van der Waals surface area contributed by atoms with Crippen molar-refractivity contribution in [1.82, 2.24) is 14.9 Å². The third-order valence-corrected chi connectivity index (χ3v) is 7.41. The molecule has 8 heteroatoms. The Bertz CT molecular complexity index is 1650. The minimum absolute atomic E-state index is 0.0738. The van der Waals surface area contributed by atoms with E-state index in [1.807, 2.05) is 78.9 Å². The molecule has 1 amide bonds. The summed E-state index contributed by atoms with van der Waals surface area (Å²) in [7, 11) is 0. The number of aromatic nitrogens is 2. The van der Waals surface area contributed by atoms with E-state index in [0.717, 1.165) is 22.8 Å². The zero-order valence-corrected chi connectivity index (χ0v) is 23.3. The molecule has 0 saturated carbocycles. The molecule has 7 nitrogen and oxygen atoms in total. The molecule has 6 rings (SSSR count). The maximum atomic E-state index is 12.5. The summed E-state index contributed by atoms with van der Waals surface area (Å²) in [6.07, 6.45) is 3.89. The van der Waals surface area contributed by atoms with Crippen LogP contribution in [0, 0.1) is 6.92 Å². The number of thiocarbonyl (C=S) groups is 1. The molecule has 204 valence electrons. The van der Waals surface area contributed by atoms with Crippen LogP contribution in [-0.4, -0.2) is 27.2 Å². The molecule has 2 atom stereocenters. The lowest BCUT2D eigenvalue weighted by Gasteiger charge is -2.29. The number of nitrogens with one attached hydrogen (secondary N) is 2. The summed E-state index contributed by atoms with van der Waals surface area (Å²) >= 11 is 5.91. The number of carbonyl (C=O) groups is 1. The van der Waals surface area contributed by atoms with Gasteiger partial charge in [0.15, 0.2) is 11.7 Å². The molecule has 41 heavy (non-hydrogen) atoms. The van der Waals surface area contributed by atoms with Crippen LogP contribution in [0.1, 0.15) is 29.0 Å². The molecule has 2 aromatic heterocycles. The number of anilines is 2. The Kier molecular flexibility index (Phi) is 7.47. The van der Waals surface area contributed by atoms with E-state index < -0.39 is 0 Å². The second-order valence-electron chi connectivity index (χ2n) is 9.78. The SMILES string of the molecule is Cc1ccccc1-n1cccc1[C@@H]1[C@@H](c2ccccn2)NC(=S)N1c1ccc(NC(=O)COc2ccccc2)cc1. The molecule has 3 heterocycles. The molecule has 2 N–H and O–H groups in total. The van der Waals surface area contributed by atoms with Crippen LogP contribution < -0.4 is 20.3 Å². The predicted octanol–water partition coefficient (Wildman–Crippen LogP) is 6.38. The van der Waals surface area contributed by atoms with E-state index in [1.165, 1.54) is 5.56 Å². The number of pyridine rings is 1. The largest absolute Gasteiger partial charge is 0.484 e. The first kappa shape index (κ1) is 26.3. The Hall–Kier alpha value is -4.95. The summed E-state index contributed by atoms with van der Waals surface area (Å²) < 4.78 is 7.79. The minimum atomic E-state index is -0.232. The summed E-state index contributed by atoms with van der Waals surface area (Å²) in [6, 6.07) is 35.1. The fraction of sp³-hybridized carbons (Fsp3) is 0.121. The Morgan fingerprint density at radius 1 is 0.927 bits per heavy atom. The van der Waals surface area contributed by atoms with Crippen molar-refractivity contribution in [2.75, 3.05) is 16.8 Å². The predicted molar refractivity (Wildman–Crippen MR) is 165 cm³/mol. The molecular weight excluding hydrogens is 530 g/mol. The highest BCUT2D eigenvalue weighted by Crippen LogP contribution is 2.42. The first-order valence-electron chi connectivity index (χ1n) is 13.4. The molecule has 1 fully saturated rings. The molecule has 1 saturated heterocycles. The van der Waals surface area contributed by atoms with Gasteiger partial charge in [0.05, 0.1) is 11.7 Å². The van der Waals surface area contributed by atoms with Crippen LogP contribution in [0.25, 0.3) is 5.69 Å². The van der Waals surface area contributed by atoms with Crippen molar-refractivity contribution in [1.29, 1.82) is 0 Å². The summed E-state index contributed by atoms with van der Waals surface area (Å²) in [5.74, 6) is 0.418. The van der Waals surface area contributed by atoms with Crippen molar-refractivity contribution < 1.29 is 9.53 Å². The normalized spacial score (nSPS) is 16.3. The van der Waals surface area contributed by atoms with Gasteiger partial charge in [0.1, 0.15) is 11.8 Å². The molecule has 1 aliphatic rings. The molecule has 1 aliphatic heterocycles. The van der Waals surface area contributed by atoms with Crippen LogP contribution >= 0.6 is 12.2 Å². The lowest BCUT2D eigenvalue weighted by molar-refractivity contribution is -0.118. The number of rotatable bonds is 8. The first-order chi connectivity index (χ1) is 20.1. The molecule has 0 radical (unpaired) electrons. The summed E-state index contributed by atoms with van der Waals surface area (Å²) in [5.41, 5.74) is 5.85. The van der Waals surface area contributed by atoms with Gasteiger partial charge in [0.25, 0.3) is 5.91 Å². The van der Waals surface area contributed by atoms with Gasteiger partial charge in [-0.15, -0.1) is 0 Å². The Morgan fingerprint density at radius 3 is 2.44 bits per heavy atom. The molecular formula is C33H29N5O2S. The maximum Gasteiger partial charge on any atom is 0.262 e.